The lowest BCUT2D eigenvalue weighted by molar-refractivity contribution is -0.149. The van der Waals surface area contributed by atoms with Crippen LogP contribution in [-0.4, -0.2) is 34.6 Å². The van der Waals surface area contributed by atoms with E-state index in [1.54, 1.807) is 0 Å². The van der Waals surface area contributed by atoms with Gasteiger partial charge in [-0.25, -0.2) is 0 Å². The maximum absolute atomic E-state index is 13.0. The molecule has 1 saturated heterocycles. The lowest BCUT2D eigenvalue weighted by Crippen LogP contribution is -2.53. The van der Waals surface area contributed by atoms with Crippen LogP contribution in [0.3, 0.4) is 0 Å². The first-order chi connectivity index (χ1) is 8.85. The summed E-state index contributed by atoms with van der Waals surface area (Å²) in [5.41, 5.74) is -0.812. The van der Waals surface area contributed by atoms with Gasteiger partial charge in [0.1, 0.15) is 0 Å². The Hall–Kier alpha value is -0.570. The molecule has 110 valence electrons. The Morgan fingerprint density at radius 3 is 2.37 bits per heavy atom. The summed E-state index contributed by atoms with van der Waals surface area (Å²) < 4.78 is 0. The Morgan fingerprint density at radius 1 is 1.21 bits per heavy atom. The highest BCUT2D eigenvalue weighted by atomic mass is 16.3. The predicted molar refractivity (Wildman–Crippen MR) is 76.8 cm³/mol. The molecule has 19 heavy (non-hydrogen) atoms. The molecule has 1 aliphatic carbocycles. The molecule has 1 atom stereocenters. The maximum Gasteiger partial charge on any atom is 0.228 e. The summed E-state index contributed by atoms with van der Waals surface area (Å²) in [7, 11) is 0. The standard InChI is InChI=1S/C16H29NO2/c1-13(2)11-16(8-4-5-9-16)14(18)17-10-6-7-15(3,19)12-17/h13,19H,4-12H2,1-3H3. The second-order valence-corrected chi connectivity index (χ2v) is 7.41. The van der Waals surface area contributed by atoms with Gasteiger partial charge in [-0.05, 0) is 44.9 Å². The van der Waals surface area contributed by atoms with Crippen molar-refractivity contribution in [2.75, 3.05) is 13.1 Å². The van der Waals surface area contributed by atoms with Crippen LogP contribution in [0.15, 0.2) is 0 Å². The number of piperidine rings is 1. The molecule has 1 N–H and O–H groups in total. The minimum Gasteiger partial charge on any atom is -0.388 e. The Labute approximate surface area is 117 Å². The van der Waals surface area contributed by atoms with E-state index in [0.29, 0.717) is 18.4 Å². The van der Waals surface area contributed by atoms with E-state index in [1.807, 2.05) is 11.8 Å². The van der Waals surface area contributed by atoms with Crippen LogP contribution in [0.1, 0.15) is 65.7 Å². The minimum absolute atomic E-state index is 0.123. The molecule has 0 radical (unpaired) electrons. The summed E-state index contributed by atoms with van der Waals surface area (Å²) in [5, 5.41) is 10.2. The topological polar surface area (TPSA) is 40.5 Å². The van der Waals surface area contributed by atoms with Crippen molar-refractivity contribution in [2.45, 2.75) is 71.3 Å². The molecular formula is C16H29NO2. The van der Waals surface area contributed by atoms with Crippen LogP contribution >= 0.6 is 0 Å². The molecule has 2 aliphatic rings. The number of β-amino-alcohol motifs (C(OH)–C–C–N with tert-alkyl or cyclic N) is 1. The second kappa shape index (κ2) is 5.43. The monoisotopic (exact) mass is 267 g/mol. The number of carbonyl (C=O) groups is 1. The van der Waals surface area contributed by atoms with Gasteiger partial charge in [0, 0.05) is 18.5 Å². The molecule has 2 rings (SSSR count). The Kier molecular flexibility index (Phi) is 4.24. The molecule has 3 heteroatoms. The van der Waals surface area contributed by atoms with Crippen molar-refractivity contribution in [3.63, 3.8) is 0 Å². The van der Waals surface area contributed by atoms with Crippen molar-refractivity contribution < 1.29 is 9.90 Å². The number of carbonyl (C=O) groups excluding carboxylic acids is 1. The summed E-state index contributed by atoms with van der Waals surface area (Å²) in [6.07, 6.45) is 7.20. The van der Waals surface area contributed by atoms with Gasteiger partial charge in [0.2, 0.25) is 5.91 Å². The van der Waals surface area contributed by atoms with E-state index in [4.69, 9.17) is 0 Å². The van der Waals surface area contributed by atoms with Gasteiger partial charge in [-0.3, -0.25) is 4.79 Å². The van der Waals surface area contributed by atoms with Crippen molar-refractivity contribution in [3.8, 4) is 0 Å². The van der Waals surface area contributed by atoms with E-state index in [2.05, 4.69) is 13.8 Å². The highest BCUT2D eigenvalue weighted by molar-refractivity contribution is 5.83. The van der Waals surface area contributed by atoms with E-state index >= 15 is 0 Å². The number of aliphatic hydroxyl groups is 1. The Balaban J connectivity index is 2.11. The van der Waals surface area contributed by atoms with Crippen LogP contribution in [0, 0.1) is 11.3 Å². The lowest BCUT2D eigenvalue weighted by Gasteiger charge is -2.42. The van der Waals surface area contributed by atoms with Crippen molar-refractivity contribution in [1.29, 1.82) is 0 Å². The van der Waals surface area contributed by atoms with Gasteiger partial charge in [-0.2, -0.15) is 0 Å². The molecule has 1 unspecified atom stereocenters. The van der Waals surface area contributed by atoms with Crippen LogP contribution < -0.4 is 0 Å². The van der Waals surface area contributed by atoms with Gasteiger partial charge in [0.05, 0.1) is 5.60 Å². The van der Waals surface area contributed by atoms with Gasteiger partial charge < -0.3 is 10.0 Å². The molecule has 0 aromatic heterocycles. The molecular weight excluding hydrogens is 238 g/mol. The van der Waals surface area contributed by atoms with Gasteiger partial charge >= 0.3 is 0 Å². The third kappa shape index (κ3) is 3.31. The normalized spacial score (nSPS) is 30.9. The number of nitrogens with zero attached hydrogens (tertiary/aromatic N) is 1. The van der Waals surface area contributed by atoms with E-state index in [0.717, 1.165) is 38.6 Å². The smallest absolute Gasteiger partial charge is 0.228 e. The summed E-state index contributed by atoms with van der Waals surface area (Å²) >= 11 is 0. The molecule has 1 saturated carbocycles. The fourth-order valence-electron chi connectivity index (χ4n) is 4.07. The minimum atomic E-state index is -0.689. The van der Waals surface area contributed by atoms with Gasteiger partial charge in [0.25, 0.3) is 0 Å². The van der Waals surface area contributed by atoms with Crippen LogP contribution in [-0.2, 0) is 4.79 Å². The van der Waals surface area contributed by atoms with Crippen molar-refractivity contribution in [3.05, 3.63) is 0 Å². The number of amides is 1. The predicted octanol–water partition coefficient (Wildman–Crippen LogP) is 2.97. The lowest BCUT2D eigenvalue weighted by atomic mass is 9.76. The van der Waals surface area contributed by atoms with Crippen LogP contribution in [0.2, 0.25) is 0 Å². The molecule has 0 aromatic rings. The summed E-state index contributed by atoms with van der Waals surface area (Å²) in [4.78, 5) is 14.9. The van der Waals surface area contributed by atoms with Gasteiger partial charge in [-0.15, -0.1) is 0 Å². The van der Waals surface area contributed by atoms with Gasteiger partial charge in [0.15, 0.2) is 0 Å². The van der Waals surface area contributed by atoms with Gasteiger partial charge in [-0.1, -0.05) is 26.7 Å². The van der Waals surface area contributed by atoms with E-state index in [-0.39, 0.29) is 5.41 Å². The van der Waals surface area contributed by atoms with Crippen molar-refractivity contribution in [2.24, 2.45) is 11.3 Å². The van der Waals surface area contributed by atoms with Crippen molar-refractivity contribution in [1.82, 2.24) is 4.90 Å². The molecule has 3 nitrogen and oxygen atoms in total. The van der Waals surface area contributed by atoms with Crippen molar-refractivity contribution >= 4 is 5.91 Å². The van der Waals surface area contributed by atoms with Crippen LogP contribution in [0.25, 0.3) is 0 Å². The zero-order chi connectivity index (χ0) is 14.1. The number of hydrogen-bond donors (Lipinski definition) is 1. The number of likely N-dealkylation sites (tertiary alicyclic amines) is 1. The summed E-state index contributed by atoms with van der Waals surface area (Å²) in [6, 6.07) is 0. The zero-order valence-electron chi connectivity index (χ0n) is 12.7. The first-order valence-corrected chi connectivity index (χ1v) is 7.86. The number of hydrogen-bond acceptors (Lipinski definition) is 2. The van der Waals surface area contributed by atoms with Crippen LogP contribution in [0.5, 0.6) is 0 Å². The summed E-state index contributed by atoms with van der Waals surface area (Å²) in [6.45, 7) is 7.62. The Morgan fingerprint density at radius 2 is 1.84 bits per heavy atom. The third-order valence-corrected chi connectivity index (χ3v) is 4.78. The fourth-order valence-corrected chi connectivity index (χ4v) is 4.07. The van der Waals surface area contributed by atoms with E-state index < -0.39 is 5.60 Å². The second-order valence-electron chi connectivity index (χ2n) is 7.41. The molecule has 0 aromatic carbocycles. The van der Waals surface area contributed by atoms with Crippen LogP contribution in [0.4, 0.5) is 0 Å². The SMILES string of the molecule is CC(C)CC1(C(=O)N2CCCC(C)(O)C2)CCCC1. The number of rotatable bonds is 3. The Bertz CT molecular complexity index is 330. The molecule has 1 aliphatic heterocycles. The molecule has 0 spiro atoms. The first kappa shape index (κ1) is 14.8. The fraction of sp³-hybridized carbons (Fsp3) is 0.938. The molecule has 1 heterocycles. The zero-order valence-corrected chi connectivity index (χ0v) is 12.7. The molecule has 0 bridgehead atoms. The quantitative estimate of drug-likeness (QED) is 0.854. The highest BCUT2D eigenvalue weighted by Gasteiger charge is 2.45. The maximum atomic E-state index is 13.0. The van der Waals surface area contributed by atoms with E-state index in [1.165, 1.54) is 12.8 Å². The third-order valence-electron chi connectivity index (χ3n) is 4.78. The van der Waals surface area contributed by atoms with E-state index in [9.17, 15) is 9.90 Å². The molecule has 2 fully saturated rings. The summed E-state index contributed by atoms with van der Waals surface area (Å²) in [5.74, 6) is 0.881. The average molecular weight is 267 g/mol. The highest BCUT2D eigenvalue weighted by Crippen LogP contribution is 2.45. The average Bonchev–Trinajstić information content (AvgIpc) is 2.75. The first-order valence-electron chi connectivity index (χ1n) is 7.86. The largest absolute Gasteiger partial charge is 0.388 e. The molecule has 1 amide bonds.